The second kappa shape index (κ2) is 9.65. The predicted molar refractivity (Wildman–Crippen MR) is 99.1 cm³/mol. The molecule has 1 aliphatic rings. The summed E-state index contributed by atoms with van der Waals surface area (Å²) in [5.41, 5.74) is 0.908. The molecular formula is C17H27FN4S. The minimum atomic E-state index is -0.193. The van der Waals surface area contributed by atoms with Crippen molar-refractivity contribution >= 4 is 23.4 Å². The third kappa shape index (κ3) is 6.29. The highest BCUT2D eigenvalue weighted by Gasteiger charge is 2.15. The van der Waals surface area contributed by atoms with Crippen molar-refractivity contribution in [3.8, 4) is 0 Å². The summed E-state index contributed by atoms with van der Waals surface area (Å²) in [5.74, 6) is 1.96. The second-order valence-electron chi connectivity index (χ2n) is 5.77. The Kier molecular flexibility index (Phi) is 7.52. The molecule has 1 heterocycles. The van der Waals surface area contributed by atoms with Gasteiger partial charge in [-0.1, -0.05) is 6.07 Å². The third-order valence-corrected chi connectivity index (χ3v) is 5.35. The summed E-state index contributed by atoms with van der Waals surface area (Å²) in [4.78, 5) is 6.32. The molecule has 0 amide bonds. The zero-order chi connectivity index (χ0) is 16.5. The van der Waals surface area contributed by atoms with Crippen molar-refractivity contribution in [2.45, 2.75) is 24.5 Å². The Labute approximate surface area is 142 Å². The molecule has 128 valence electrons. The van der Waals surface area contributed by atoms with Crippen LogP contribution in [0, 0.1) is 5.82 Å². The van der Waals surface area contributed by atoms with Crippen LogP contribution in [0.25, 0.3) is 0 Å². The van der Waals surface area contributed by atoms with Crippen molar-refractivity contribution in [3.63, 3.8) is 0 Å². The Balaban J connectivity index is 1.63. The van der Waals surface area contributed by atoms with E-state index in [0.717, 1.165) is 37.7 Å². The van der Waals surface area contributed by atoms with E-state index in [1.165, 1.54) is 24.7 Å². The van der Waals surface area contributed by atoms with E-state index < -0.39 is 0 Å². The summed E-state index contributed by atoms with van der Waals surface area (Å²) in [6.07, 6.45) is 3.59. The first-order valence-corrected chi connectivity index (χ1v) is 9.26. The van der Waals surface area contributed by atoms with Crippen LogP contribution in [-0.2, 0) is 0 Å². The highest BCUT2D eigenvalue weighted by Crippen LogP contribution is 2.25. The van der Waals surface area contributed by atoms with E-state index in [9.17, 15) is 4.39 Å². The van der Waals surface area contributed by atoms with Crippen LogP contribution >= 0.6 is 11.8 Å². The van der Waals surface area contributed by atoms with Gasteiger partial charge in [0.05, 0.1) is 0 Å². The zero-order valence-electron chi connectivity index (χ0n) is 14.0. The van der Waals surface area contributed by atoms with Crippen molar-refractivity contribution in [2.75, 3.05) is 44.4 Å². The summed E-state index contributed by atoms with van der Waals surface area (Å²) in [7, 11) is 3.79. The van der Waals surface area contributed by atoms with E-state index in [2.05, 4.69) is 20.5 Å². The molecule has 1 fully saturated rings. The number of nitrogens with one attached hydrogen (secondary N) is 2. The van der Waals surface area contributed by atoms with Crippen LogP contribution in [-0.4, -0.2) is 50.7 Å². The van der Waals surface area contributed by atoms with Gasteiger partial charge in [0.15, 0.2) is 5.96 Å². The lowest BCUT2D eigenvalue weighted by Gasteiger charge is -2.20. The smallest absolute Gasteiger partial charge is 0.191 e. The van der Waals surface area contributed by atoms with Crippen LogP contribution in [0.15, 0.2) is 29.3 Å². The first kappa shape index (κ1) is 17.9. The normalized spacial score (nSPS) is 18.0. The Hall–Kier alpha value is -1.43. The number of anilines is 1. The molecule has 2 rings (SSSR count). The molecule has 0 radical (unpaired) electrons. The van der Waals surface area contributed by atoms with Crippen molar-refractivity contribution in [1.82, 2.24) is 10.6 Å². The highest BCUT2D eigenvalue weighted by atomic mass is 32.2. The molecule has 0 saturated carbocycles. The first-order chi connectivity index (χ1) is 11.2. The first-order valence-electron chi connectivity index (χ1n) is 8.22. The number of hydrogen-bond acceptors (Lipinski definition) is 3. The molecule has 6 heteroatoms. The van der Waals surface area contributed by atoms with E-state index in [-0.39, 0.29) is 5.82 Å². The average Bonchev–Trinajstić information content (AvgIpc) is 3.07. The number of halogens is 1. The summed E-state index contributed by atoms with van der Waals surface area (Å²) < 4.78 is 13.2. The fraction of sp³-hybridized carbons (Fsp3) is 0.588. The van der Waals surface area contributed by atoms with Gasteiger partial charge in [-0.2, -0.15) is 11.8 Å². The van der Waals surface area contributed by atoms with E-state index in [1.807, 2.05) is 24.9 Å². The van der Waals surface area contributed by atoms with Crippen LogP contribution in [0.1, 0.15) is 19.3 Å². The molecule has 23 heavy (non-hydrogen) atoms. The molecule has 1 unspecified atom stereocenters. The van der Waals surface area contributed by atoms with E-state index in [4.69, 9.17) is 0 Å². The highest BCUT2D eigenvalue weighted by molar-refractivity contribution is 8.00. The topological polar surface area (TPSA) is 39.7 Å². The molecule has 1 aromatic carbocycles. The van der Waals surface area contributed by atoms with Crippen molar-refractivity contribution in [1.29, 1.82) is 0 Å². The SMILES string of the molecule is CN=C(NCCCN(C)c1cccc(F)c1)NCC1CCCS1. The Morgan fingerprint density at radius 2 is 2.30 bits per heavy atom. The van der Waals surface area contributed by atoms with Crippen LogP contribution in [0.2, 0.25) is 0 Å². The maximum absolute atomic E-state index is 13.2. The Morgan fingerprint density at radius 3 is 3.00 bits per heavy atom. The van der Waals surface area contributed by atoms with Gasteiger partial charge in [-0.25, -0.2) is 4.39 Å². The lowest BCUT2D eigenvalue weighted by atomic mass is 10.2. The van der Waals surface area contributed by atoms with Gasteiger partial charge in [0, 0.05) is 44.7 Å². The average molecular weight is 338 g/mol. The fourth-order valence-corrected chi connectivity index (χ4v) is 3.80. The summed E-state index contributed by atoms with van der Waals surface area (Å²) in [6.45, 7) is 2.69. The van der Waals surface area contributed by atoms with Crippen LogP contribution < -0.4 is 15.5 Å². The lowest BCUT2D eigenvalue weighted by Crippen LogP contribution is -2.41. The van der Waals surface area contributed by atoms with Gasteiger partial charge in [0.2, 0.25) is 0 Å². The van der Waals surface area contributed by atoms with E-state index >= 15 is 0 Å². The standard InChI is InChI=1S/C17H27FN4S/c1-19-17(21-13-16-8-4-11-23-16)20-9-5-10-22(2)15-7-3-6-14(18)12-15/h3,6-7,12,16H,4-5,8-11,13H2,1-2H3,(H2,19,20,21). The van der Waals surface area contributed by atoms with Gasteiger partial charge >= 0.3 is 0 Å². The van der Waals surface area contributed by atoms with Gasteiger partial charge in [-0.3, -0.25) is 4.99 Å². The Morgan fingerprint density at radius 1 is 1.43 bits per heavy atom. The van der Waals surface area contributed by atoms with Crippen LogP contribution in [0.3, 0.4) is 0 Å². The lowest BCUT2D eigenvalue weighted by molar-refractivity contribution is 0.626. The summed E-state index contributed by atoms with van der Waals surface area (Å²) in [5, 5.41) is 7.45. The van der Waals surface area contributed by atoms with Crippen LogP contribution in [0.5, 0.6) is 0 Å². The number of guanidine groups is 1. The number of benzene rings is 1. The molecule has 0 spiro atoms. The monoisotopic (exact) mass is 338 g/mol. The largest absolute Gasteiger partial charge is 0.374 e. The van der Waals surface area contributed by atoms with Gasteiger partial charge < -0.3 is 15.5 Å². The summed E-state index contributed by atoms with van der Waals surface area (Å²) in [6, 6.07) is 6.70. The number of aliphatic imine (C=N–C) groups is 1. The van der Waals surface area contributed by atoms with Crippen molar-refractivity contribution in [3.05, 3.63) is 30.1 Å². The number of thioether (sulfide) groups is 1. The number of rotatable bonds is 7. The molecule has 1 aliphatic heterocycles. The van der Waals surface area contributed by atoms with Gasteiger partial charge in [-0.05, 0) is 43.2 Å². The molecule has 2 N–H and O–H groups in total. The van der Waals surface area contributed by atoms with Gasteiger partial charge in [-0.15, -0.1) is 0 Å². The number of hydrogen-bond donors (Lipinski definition) is 2. The minimum Gasteiger partial charge on any atom is -0.374 e. The molecule has 0 aliphatic carbocycles. The van der Waals surface area contributed by atoms with Gasteiger partial charge in [0.25, 0.3) is 0 Å². The molecule has 4 nitrogen and oxygen atoms in total. The zero-order valence-corrected chi connectivity index (χ0v) is 14.8. The minimum absolute atomic E-state index is 0.193. The molecule has 1 aromatic rings. The third-order valence-electron chi connectivity index (χ3n) is 3.96. The fourth-order valence-electron chi connectivity index (χ4n) is 2.60. The second-order valence-corrected chi connectivity index (χ2v) is 7.18. The van der Waals surface area contributed by atoms with Crippen molar-refractivity contribution < 1.29 is 4.39 Å². The molecule has 0 bridgehead atoms. The maximum atomic E-state index is 13.2. The number of nitrogens with zero attached hydrogens (tertiary/aromatic N) is 2. The Bertz CT molecular complexity index is 503. The van der Waals surface area contributed by atoms with Crippen LogP contribution in [0.4, 0.5) is 10.1 Å². The predicted octanol–water partition coefficient (Wildman–Crippen LogP) is 2.71. The van der Waals surface area contributed by atoms with Crippen molar-refractivity contribution in [2.24, 2.45) is 4.99 Å². The van der Waals surface area contributed by atoms with E-state index in [0.29, 0.717) is 5.25 Å². The van der Waals surface area contributed by atoms with Gasteiger partial charge in [0.1, 0.15) is 5.82 Å². The maximum Gasteiger partial charge on any atom is 0.191 e. The molecule has 1 atom stereocenters. The molecule has 1 saturated heterocycles. The van der Waals surface area contributed by atoms with E-state index in [1.54, 1.807) is 19.2 Å². The summed E-state index contributed by atoms with van der Waals surface area (Å²) >= 11 is 2.04. The molecular weight excluding hydrogens is 311 g/mol. The molecule has 0 aromatic heterocycles. The quantitative estimate of drug-likeness (QED) is 0.456.